The molecule has 0 aliphatic rings. The van der Waals surface area contributed by atoms with Crippen molar-refractivity contribution in [3.05, 3.63) is 271 Å². The first-order valence-corrected chi connectivity index (χ1v) is 22.7. The molecule has 0 aromatic heterocycles. The highest BCUT2D eigenvalue weighted by Gasteiger charge is 2.26. The van der Waals surface area contributed by atoms with Crippen LogP contribution in [-0.4, -0.2) is 0 Å². The lowest BCUT2D eigenvalue weighted by atomic mass is 9.92. The Kier molecular flexibility index (Phi) is 11.8. The van der Waals surface area contributed by atoms with Crippen molar-refractivity contribution in [3.8, 4) is 33.4 Å². The van der Waals surface area contributed by atoms with Gasteiger partial charge in [0.2, 0.25) is 0 Å². The maximum Gasteiger partial charge on any atom is 0.0619 e. The molecule has 0 amide bonds. The smallest absolute Gasteiger partial charge is 0.0619 e. The van der Waals surface area contributed by atoms with Crippen molar-refractivity contribution in [2.45, 2.75) is 20.8 Å². The Bertz CT molecular complexity index is 3150. The molecule has 10 rings (SSSR count). The predicted molar refractivity (Wildman–Crippen MR) is 281 cm³/mol. The fourth-order valence-corrected chi connectivity index (χ4v) is 9.11. The van der Waals surface area contributed by atoms with Crippen LogP contribution < -0.4 is 14.7 Å². The van der Waals surface area contributed by atoms with Crippen LogP contribution in [0.4, 0.5) is 51.2 Å². The van der Waals surface area contributed by atoms with E-state index in [1.54, 1.807) is 0 Å². The molecule has 0 saturated heterocycles. The van der Waals surface area contributed by atoms with Gasteiger partial charge in [0.15, 0.2) is 0 Å². The van der Waals surface area contributed by atoms with Gasteiger partial charge in [-0.05, 0) is 145 Å². The van der Waals surface area contributed by atoms with Crippen LogP contribution in [0.1, 0.15) is 16.7 Å². The normalized spacial score (nSPS) is 11.0. The van der Waals surface area contributed by atoms with Crippen LogP contribution in [0.5, 0.6) is 0 Å². The lowest BCUT2D eigenvalue weighted by molar-refractivity contribution is 1.25. The minimum atomic E-state index is 1.06. The minimum absolute atomic E-state index is 1.06. The molecule has 0 aliphatic carbocycles. The average molecular weight is 850 g/mol. The zero-order chi connectivity index (χ0) is 44.8. The summed E-state index contributed by atoms with van der Waals surface area (Å²) in [5.41, 5.74) is 20.2. The summed E-state index contributed by atoms with van der Waals surface area (Å²) in [6, 6.07) is 92.1. The molecular weight excluding hydrogens is 799 g/mol. The molecule has 10 aromatic carbocycles. The Morgan fingerprint density at radius 2 is 0.606 bits per heavy atom. The fourth-order valence-electron chi connectivity index (χ4n) is 9.11. The largest absolute Gasteiger partial charge is 0.310 e. The molecule has 0 radical (unpaired) electrons. The molecule has 0 aliphatic heterocycles. The van der Waals surface area contributed by atoms with E-state index in [2.05, 4.69) is 290 Å². The molecule has 0 fully saturated rings. The van der Waals surface area contributed by atoms with E-state index in [0.29, 0.717) is 0 Å². The molecule has 0 heterocycles. The van der Waals surface area contributed by atoms with Gasteiger partial charge < -0.3 is 14.7 Å². The molecule has 0 N–H and O–H groups in total. The number of nitrogens with zero attached hydrogens (tertiary/aromatic N) is 3. The quantitative estimate of drug-likeness (QED) is 0.121. The summed E-state index contributed by atoms with van der Waals surface area (Å²) in [6.07, 6.45) is 0. The van der Waals surface area contributed by atoms with Gasteiger partial charge >= 0.3 is 0 Å². The number of anilines is 9. The molecule has 318 valence electrons. The molecular formula is C63H51N3. The van der Waals surface area contributed by atoms with E-state index < -0.39 is 0 Å². The maximum atomic E-state index is 2.46. The standard InChI is InChI=1S/C63H51N3/c1-46-20-15-30-55(42-46)64(56-31-16-21-47(2)43-56)58-33-18-25-51(45-58)59-35-19-36-61(60-34-13-14-37-62(60)65(52-26-9-5-10-27-52)53-28-11-6-12-29-53)63(59)66(57-32-17-22-48(3)44-57)54-40-38-50(39-41-54)49-23-7-4-8-24-49/h4-45H,1-3H3. The lowest BCUT2D eigenvalue weighted by Crippen LogP contribution is -2.15. The van der Waals surface area contributed by atoms with Gasteiger partial charge in [0.25, 0.3) is 0 Å². The Morgan fingerprint density at radius 3 is 1.17 bits per heavy atom. The number of hydrogen-bond acceptors (Lipinski definition) is 3. The van der Waals surface area contributed by atoms with E-state index in [4.69, 9.17) is 0 Å². The van der Waals surface area contributed by atoms with Gasteiger partial charge in [0.1, 0.15) is 0 Å². The summed E-state index contributed by atoms with van der Waals surface area (Å²) >= 11 is 0. The minimum Gasteiger partial charge on any atom is -0.310 e. The number of benzene rings is 10. The molecule has 0 atom stereocenters. The van der Waals surface area contributed by atoms with Crippen LogP contribution in [0.2, 0.25) is 0 Å². The van der Waals surface area contributed by atoms with E-state index in [9.17, 15) is 0 Å². The number of para-hydroxylation sites is 4. The Balaban J connectivity index is 1.25. The first-order valence-electron chi connectivity index (χ1n) is 22.7. The van der Waals surface area contributed by atoms with E-state index >= 15 is 0 Å². The van der Waals surface area contributed by atoms with Crippen LogP contribution in [0.25, 0.3) is 33.4 Å². The van der Waals surface area contributed by atoms with Gasteiger partial charge in [-0.1, -0.05) is 164 Å². The number of aryl methyl sites for hydroxylation is 3. The summed E-state index contributed by atoms with van der Waals surface area (Å²) in [4.78, 5) is 7.21. The molecule has 66 heavy (non-hydrogen) atoms. The third kappa shape index (κ3) is 8.63. The molecule has 10 aromatic rings. The van der Waals surface area contributed by atoms with E-state index in [-0.39, 0.29) is 0 Å². The second-order valence-corrected chi connectivity index (χ2v) is 16.9. The Morgan fingerprint density at radius 1 is 0.227 bits per heavy atom. The third-order valence-corrected chi connectivity index (χ3v) is 12.2. The van der Waals surface area contributed by atoms with Crippen LogP contribution in [0.15, 0.2) is 255 Å². The van der Waals surface area contributed by atoms with Crippen LogP contribution in [-0.2, 0) is 0 Å². The third-order valence-electron chi connectivity index (χ3n) is 12.2. The van der Waals surface area contributed by atoms with Crippen molar-refractivity contribution < 1.29 is 0 Å². The molecule has 0 unspecified atom stereocenters. The number of rotatable bonds is 12. The molecule has 0 saturated carbocycles. The van der Waals surface area contributed by atoms with Crippen molar-refractivity contribution in [2.24, 2.45) is 0 Å². The van der Waals surface area contributed by atoms with Gasteiger partial charge in [-0.15, -0.1) is 0 Å². The summed E-state index contributed by atoms with van der Waals surface area (Å²) in [5, 5.41) is 0. The van der Waals surface area contributed by atoms with Crippen molar-refractivity contribution in [1.82, 2.24) is 0 Å². The van der Waals surface area contributed by atoms with Crippen molar-refractivity contribution in [2.75, 3.05) is 14.7 Å². The van der Waals surface area contributed by atoms with E-state index in [1.165, 1.54) is 27.8 Å². The summed E-state index contributed by atoms with van der Waals surface area (Å²) in [7, 11) is 0. The maximum absolute atomic E-state index is 2.46. The summed E-state index contributed by atoms with van der Waals surface area (Å²) in [5.74, 6) is 0. The first-order chi connectivity index (χ1) is 32.5. The van der Waals surface area contributed by atoms with Crippen molar-refractivity contribution in [1.29, 1.82) is 0 Å². The molecule has 0 spiro atoms. The Labute approximate surface area is 389 Å². The topological polar surface area (TPSA) is 9.72 Å². The highest BCUT2D eigenvalue weighted by atomic mass is 15.2. The van der Waals surface area contributed by atoms with Gasteiger partial charge in [0, 0.05) is 56.5 Å². The zero-order valence-electron chi connectivity index (χ0n) is 37.6. The summed E-state index contributed by atoms with van der Waals surface area (Å²) < 4.78 is 0. The van der Waals surface area contributed by atoms with Crippen molar-refractivity contribution >= 4 is 51.2 Å². The molecule has 3 nitrogen and oxygen atoms in total. The molecule has 0 bridgehead atoms. The van der Waals surface area contributed by atoms with Gasteiger partial charge in [-0.2, -0.15) is 0 Å². The van der Waals surface area contributed by atoms with Crippen molar-refractivity contribution in [3.63, 3.8) is 0 Å². The number of hydrogen-bond donors (Lipinski definition) is 0. The SMILES string of the molecule is Cc1cccc(N(c2cccc(C)c2)c2cccc(-c3cccc(-c4ccccc4N(c4ccccc4)c4ccccc4)c3N(c3ccc(-c4ccccc4)cc3)c3cccc(C)c3)c2)c1. The fraction of sp³-hybridized carbons (Fsp3) is 0.0476. The Hall–Kier alpha value is -8.40. The monoisotopic (exact) mass is 849 g/mol. The van der Waals surface area contributed by atoms with Crippen LogP contribution in [0, 0.1) is 20.8 Å². The van der Waals surface area contributed by atoms with Crippen LogP contribution >= 0.6 is 0 Å². The molecule has 3 heteroatoms. The predicted octanol–water partition coefficient (Wildman–Crippen LogP) is 18.0. The summed E-state index contributed by atoms with van der Waals surface area (Å²) in [6.45, 7) is 6.49. The lowest BCUT2D eigenvalue weighted by Gasteiger charge is -2.33. The highest BCUT2D eigenvalue weighted by molar-refractivity contribution is 6.02. The first kappa shape index (κ1) is 41.6. The van der Waals surface area contributed by atoms with E-state index in [1.807, 2.05) is 0 Å². The van der Waals surface area contributed by atoms with Gasteiger partial charge in [-0.3, -0.25) is 0 Å². The van der Waals surface area contributed by atoms with Gasteiger partial charge in [0.05, 0.1) is 11.4 Å². The average Bonchev–Trinajstić information content (AvgIpc) is 3.36. The van der Waals surface area contributed by atoms with Crippen LogP contribution in [0.3, 0.4) is 0 Å². The second kappa shape index (κ2) is 18.8. The second-order valence-electron chi connectivity index (χ2n) is 16.9. The zero-order valence-corrected chi connectivity index (χ0v) is 37.6. The highest BCUT2D eigenvalue weighted by Crippen LogP contribution is 2.51. The van der Waals surface area contributed by atoms with E-state index in [0.717, 1.165) is 73.4 Å². The van der Waals surface area contributed by atoms with Gasteiger partial charge in [-0.25, -0.2) is 0 Å².